The molecule has 0 spiro atoms. The molecule has 3 aromatic rings. The predicted molar refractivity (Wildman–Crippen MR) is 139 cm³/mol. The van der Waals surface area contributed by atoms with Crippen LogP contribution in [0.4, 0.5) is 15.8 Å². The van der Waals surface area contributed by atoms with E-state index in [-0.39, 0.29) is 27.5 Å². The zero-order valence-corrected chi connectivity index (χ0v) is 22.0. The minimum Gasteiger partial charge on any atom is -0.326 e. The summed E-state index contributed by atoms with van der Waals surface area (Å²) in [5, 5.41) is 15.0. The third-order valence-corrected chi connectivity index (χ3v) is 7.97. The lowest BCUT2D eigenvalue weighted by Crippen LogP contribution is -2.18. The highest BCUT2D eigenvalue weighted by atomic mass is 79.9. The molecule has 0 radical (unpaired) electrons. The van der Waals surface area contributed by atoms with E-state index in [4.69, 9.17) is 46.4 Å². The van der Waals surface area contributed by atoms with Crippen molar-refractivity contribution in [1.82, 2.24) is 0 Å². The maximum Gasteiger partial charge on any atom is 0.257 e. The van der Waals surface area contributed by atoms with Gasteiger partial charge in [-0.3, -0.25) is 9.59 Å². The zero-order chi connectivity index (χ0) is 25.5. The highest BCUT2D eigenvalue weighted by molar-refractivity contribution is 9.10. The van der Waals surface area contributed by atoms with Gasteiger partial charge in [0.2, 0.25) is 5.91 Å². The Hall–Kier alpha value is -2.34. The van der Waals surface area contributed by atoms with Gasteiger partial charge >= 0.3 is 0 Å². The average molecular weight is 616 g/mol. The van der Waals surface area contributed by atoms with Gasteiger partial charge in [-0.25, -0.2) is 4.39 Å². The van der Waals surface area contributed by atoms with Crippen LogP contribution in [0.15, 0.2) is 59.1 Å². The topological polar surface area (TPSA) is 82.0 Å². The van der Waals surface area contributed by atoms with Gasteiger partial charge in [-0.2, -0.15) is 5.26 Å². The van der Waals surface area contributed by atoms with Crippen LogP contribution >= 0.6 is 62.3 Å². The summed E-state index contributed by atoms with van der Waals surface area (Å²) in [6.07, 6.45) is 0. The molecular weight excluding hydrogens is 603 g/mol. The van der Waals surface area contributed by atoms with E-state index >= 15 is 0 Å². The summed E-state index contributed by atoms with van der Waals surface area (Å²) in [5.74, 6) is -2.94. The Kier molecular flexibility index (Phi) is 7.33. The lowest BCUT2D eigenvalue weighted by molar-refractivity contribution is -0.117. The highest BCUT2D eigenvalue weighted by Crippen LogP contribution is 2.65. The molecule has 0 heterocycles. The maximum atomic E-state index is 13.4. The highest BCUT2D eigenvalue weighted by Gasteiger charge is 2.67. The molecule has 2 atom stereocenters. The largest absolute Gasteiger partial charge is 0.326 e. The second-order valence-electron chi connectivity index (χ2n) is 7.74. The molecule has 0 aliphatic heterocycles. The van der Waals surface area contributed by atoms with E-state index < -0.39 is 33.8 Å². The normalized spacial score (nSPS) is 17.9. The quantitative estimate of drug-likeness (QED) is 0.291. The number of nitrogens with zero attached hydrogens (tertiary/aromatic N) is 1. The van der Waals surface area contributed by atoms with Crippen molar-refractivity contribution in [3.05, 3.63) is 91.6 Å². The Morgan fingerprint density at radius 1 is 1.00 bits per heavy atom. The fourth-order valence-corrected chi connectivity index (χ4v) is 5.15. The summed E-state index contributed by atoms with van der Waals surface area (Å²) in [7, 11) is 0. The summed E-state index contributed by atoms with van der Waals surface area (Å²) in [5.41, 5.74) is 1.10. The number of amides is 2. The van der Waals surface area contributed by atoms with E-state index in [0.29, 0.717) is 15.1 Å². The molecule has 1 aliphatic carbocycles. The number of nitriles is 1. The molecule has 1 aliphatic rings. The van der Waals surface area contributed by atoms with Gasteiger partial charge in [0, 0.05) is 16.1 Å². The number of anilines is 2. The first kappa shape index (κ1) is 25.7. The number of hydrogen-bond acceptors (Lipinski definition) is 3. The van der Waals surface area contributed by atoms with Crippen LogP contribution in [0.25, 0.3) is 0 Å². The van der Waals surface area contributed by atoms with Gasteiger partial charge in [-0.15, -0.1) is 23.2 Å². The molecule has 1 saturated carbocycles. The number of carbonyl (C=O) groups is 2. The average Bonchev–Trinajstić information content (AvgIpc) is 3.39. The number of benzene rings is 3. The Bertz CT molecular complexity index is 1410. The summed E-state index contributed by atoms with van der Waals surface area (Å²) in [4.78, 5) is 25.8. The van der Waals surface area contributed by atoms with E-state index in [0.717, 1.165) is 12.1 Å². The van der Waals surface area contributed by atoms with Gasteiger partial charge in [0.1, 0.15) is 16.2 Å². The van der Waals surface area contributed by atoms with E-state index in [2.05, 4.69) is 26.6 Å². The van der Waals surface area contributed by atoms with Gasteiger partial charge in [0.05, 0.1) is 32.8 Å². The summed E-state index contributed by atoms with van der Waals surface area (Å²) in [6.45, 7) is 0. The lowest BCUT2D eigenvalue weighted by atomic mass is 10.1. The number of alkyl halides is 2. The van der Waals surface area contributed by atoms with Crippen LogP contribution in [-0.2, 0) is 4.79 Å². The van der Waals surface area contributed by atoms with Crippen molar-refractivity contribution in [2.75, 3.05) is 10.6 Å². The van der Waals surface area contributed by atoms with Gasteiger partial charge in [-0.05, 0) is 70.0 Å². The van der Waals surface area contributed by atoms with E-state index in [1.165, 1.54) is 24.3 Å². The van der Waals surface area contributed by atoms with Gasteiger partial charge in [0.25, 0.3) is 5.91 Å². The van der Waals surface area contributed by atoms with Crippen molar-refractivity contribution in [1.29, 1.82) is 5.26 Å². The smallest absolute Gasteiger partial charge is 0.257 e. The summed E-state index contributed by atoms with van der Waals surface area (Å²) >= 11 is 28.5. The molecule has 35 heavy (non-hydrogen) atoms. The Labute approximate surface area is 228 Å². The van der Waals surface area contributed by atoms with Crippen LogP contribution in [0.5, 0.6) is 0 Å². The molecular formula is C24H13BrCl4FN3O2. The number of nitrogens with one attached hydrogen (secondary N) is 2. The fraction of sp³-hybridized carbons (Fsp3) is 0.125. The van der Waals surface area contributed by atoms with Gasteiger partial charge < -0.3 is 10.6 Å². The van der Waals surface area contributed by atoms with Crippen molar-refractivity contribution in [2.24, 2.45) is 5.92 Å². The fourth-order valence-electron chi connectivity index (χ4n) is 3.68. The van der Waals surface area contributed by atoms with Crippen LogP contribution in [0, 0.1) is 23.1 Å². The number of rotatable bonds is 5. The van der Waals surface area contributed by atoms with E-state index in [1.54, 1.807) is 18.2 Å². The number of hydrogen-bond donors (Lipinski definition) is 2. The van der Waals surface area contributed by atoms with Crippen molar-refractivity contribution in [2.45, 2.75) is 10.3 Å². The van der Waals surface area contributed by atoms with Crippen LogP contribution in [0.3, 0.4) is 0 Å². The Morgan fingerprint density at radius 2 is 1.74 bits per heavy atom. The maximum absolute atomic E-state index is 13.4. The van der Waals surface area contributed by atoms with Crippen LogP contribution in [0.1, 0.15) is 27.4 Å². The third-order valence-electron chi connectivity index (χ3n) is 5.47. The van der Waals surface area contributed by atoms with Gasteiger partial charge in [-0.1, -0.05) is 29.3 Å². The van der Waals surface area contributed by atoms with Crippen molar-refractivity contribution in [3.63, 3.8) is 0 Å². The minimum atomic E-state index is -1.33. The Balaban J connectivity index is 1.52. The molecule has 0 saturated heterocycles. The number of carbonyl (C=O) groups excluding carboxylic acids is 2. The summed E-state index contributed by atoms with van der Waals surface area (Å²) < 4.78 is 12.8. The van der Waals surface area contributed by atoms with Crippen LogP contribution in [-0.4, -0.2) is 16.1 Å². The van der Waals surface area contributed by atoms with Crippen LogP contribution in [0.2, 0.25) is 10.0 Å². The summed E-state index contributed by atoms with van der Waals surface area (Å²) in [6, 6.07) is 14.8. The molecule has 1 fully saturated rings. The molecule has 5 nitrogen and oxygen atoms in total. The first-order valence-corrected chi connectivity index (χ1v) is 12.3. The molecule has 2 amide bonds. The van der Waals surface area contributed by atoms with Crippen molar-refractivity contribution >= 4 is 85.5 Å². The molecule has 2 unspecified atom stereocenters. The SMILES string of the molecule is N#Cc1cc(F)ccc1NC(=O)c1cc(NC(=O)C2C(c3ccc(Br)c(Cl)c3)C2(Cl)Cl)ccc1Cl. The van der Waals surface area contributed by atoms with E-state index in [9.17, 15) is 19.2 Å². The molecule has 0 aromatic heterocycles. The van der Waals surface area contributed by atoms with E-state index in [1.807, 2.05) is 6.07 Å². The standard InChI is InChI=1S/C24H13BrCl4FN3O2/c25-16-4-1-11(8-18(16)27)20-21(24(20,28)29)23(35)32-14-3-5-17(26)15(9-14)22(34)33-19-6-2-13(30)7-12(19)10-31/h1-9,20-21H,(H,32,35)(H,33,34). The first-order chi connectivity index (χ1) is 16.5. The molecule has 0 bridgehead atoms. The number of halogens is 6. The first-order valence-electron chi connectivity index (χ1n) is 9.97. The monoisotopic (exact) mass is 613 g/mol. The second kappa shape index (κ2) is 9.96. The zero-order valence-electron chi connectivity index (χ0n) is 17.4. The van der Waals surface area contributed by atoms with Gasteiger partial charge in [0.15, 0.2) is 0 Å². The van der Waals surface area contributed by atoms with Crippen molar-refractivity contribution in [3.8, 4) is 6.07 Å². The minimum absolute atomic E-state index is 0.0349. The third kappa shape index (κ3) is 5.28. The molecule has 11 heteroatoms. The molecule has 3 aromatic carbocycles. The Morgan fingerprint density at radius 3 is 2.43 bits per heavy atom. The van der Waals surface area contributed by atoms with Crippen molar-refractivity contribution < 1.29 is 14.0 Å². The predicted octanol–water partition coefficient (Wildman–Crippen LogP) is 7.54. The second-order valence-corrected chi connectivity index (χ2v) is 10.9. The van der Waals surface area contributed by atoms with Crippen LogP contribution < -0.4 is 10.6 Å². The molecule has 178 valence electrons. The molecule has 2 N–H and O–H groups in total. The lowest BCUT2D eigenvalue weighted by Gasteiger charge is -2.11. The molecule has 4 rings (SSSR count).